The van der Waals surface area contributed by atoms with Crippen LogP contribution in [0.15, 0.2) is 71.3 Å². The minimum absolute atomic E-state index is 0.329. The van der Waals surface area contributed by atoms with Gasteiger partial charge in [0.1, 0.15) is 11.5 Å². The van der Waals surface area contributed by atoms with E-state index in [2.05, 4.69) is 46.1 Å². The van der Waals surface area contributed by atoms with Crippen LogP contribution in [0, 0.1) is 32.5 Å². The van der Waals surface area contributed by atoms with E-state index in [1.54, 1.807) is 6.92 Å². The Hall–Kier alpha value is -4.33. The highest BCUT2D eigenvalue weighted by atomic mass is 19.3. The molecule has 0 unspecified atom stereocenters. The minimum Gasteiger partial charge on any atom is -0.440 e. The number of rotatable bonds is 8. The van der Waals surface area contributed by atoms with Crippen LogP contribution in [0.5, 0.6) is 5.75 Å². The van der Waals surface area contributed by atoms with Crippen LogP contribution in [0.1, 0.15) is 35.8 Å². The lowest BCUT2D eigenvalue weighted by Gasteiger charge is -2.14. The lowest BCUT2D eigenvalue weighted by molar-refractivity contribution is -0.0521. The molecular formula is C32H28F3N3O2. The third-order valence-corrected chi connectivity index (χ3v) is 7.14. The second-order valence-electron chi connectivity index (χ2n) is 10.3. The van der Waals surface area contributed by atoms with Crippen molar-refractivity contribution in [2.45, 2.75) is 46.6 Å². The molecule has 0 N–H and O–H groups in total. The van der Waals surface area contributed by atoms with Gasteiger partial charge in [-0.05, 0) is 86.1 Å². The molecule has 5 aromatic rings. The van der Waals surface area contributed by atoms with E-state index in [4.69, 9.17) is 9.40 Å². The van der Waals surface area contributed by atoms with Gasteiger partial charge in [0.25, 0.3) is 0 Å². The highest BCUT2D eigenvalue weighted by Crippen LogP contribution is 2.40. The Kier molecular flexibility index (Phi) is 6.70. The lowest BCUT2D eigenvalue weighted by Crippen LogP contribution is -2.03. The first-order valence-electron chi connectivity index (χ1n) is 13.2. The van der Waals surface area contributed by atoms with Crippen LogP contribution in [0.4, 0.5) is 13.2 Å². The SMILES string of the molecule is Cc1cn(-c2ccc(-c3cccc(CC4CC4)c3)cc2-c2nc(C)oc2-c2ccc(OC(F)F)c(F)c2)c(C)n1. The van der Waals surface area contributed by atoms with Crippen molar-refractivity contribution < 1.29 is 22.3 Å². The molecule has 2 aromatic heterocycles. The summed E-state index contributed by atoms with van der Waals surface area (Å²) < 4.78 is 52.4. The summed E-state index contributed by atoms with van der Waals surface area (Å²) in [6.45, 7) is 2.45. The average molecular weight is 544 g/mol. The van der Waals surface area contributed by atoms with E-state index in [9.17, 15) is 13.2 Å². The van der Waals surface area contributed by atoms with E-state index >= 15 is 0 Å². The van der Waals surface area contributed by atoms with Crippen molar-refractivity contribution in [2.75, 3.05) is 0 Å². The molecular weight excluding hydrogens is 515 g/mol. The van der Waals surface area contributed by atoms with Gasteiger partial charge in [-0.25, -0.2) is 14.4 Å². The van der Waals surface area contributed by atoms with Crippen molar-refractivity contribution in [1.29, 1.82) is 0 Å². The Labute approximate surface area is 230 Å². The maximum Gasteiger partial charge on any atom is 0.387 e. The molecule has 1 fully saturated rings. The fraction of sp³-hybridized carbons (Fsp3) is 0.250. The molecule has 5 nitrogen and oxygen atoms in total. The highest BCUT2D eigenvalue weighted by molar-refractivity contribution is 5.85. The first-order valence-corrected chi connectivity index (χ1v) is 13.2. The predicted molar refractivity (Wildman–Crippen MR) is 147 cm³/mol. The largest absolute Gasteiger partial charge is 0.440 e. The van der Waals surface area contributed by atoms with Gasteiger partial charge in [-0.3, -0.25) is 0 Å². The Morgan fingerprint density at radius 2 is 1.73 bits per heavy atom. The molecule has 0 saturated heterocycles. The van der Waals surface area contributed by atoms with Crippen LogP contribution in [-0.4, -0.2) is 21.1 Å². The second-order valence-corrected chi connectivity index (χ2v) is 10.3. The maximum atomic E-state index is 14.7. The molecule has 0 atom stereocenters. The topological polar surface area (TPSA) is 53.1 Å². The minimum atomic E-state index is -3.13. The number of halogens is 3. The first-order chi connectivity index (χ1) is 19.2. The summed E-state index contributed by atoms with van der Waals surface area (Å²) in [7, 11) is 0. The summed E-state index contributed by atoms with van der Waals surface area (Å²) in [6, 6.07) is 18.5. The van der Waals surface area contributed by atoms with Gasteiger partial charge in [0.2, 0.25) is 0 Å². The van der Waals surface area contributed by atoms with Crippen molar-refractivity contribution in [3.63, 3.8) is 0 Å². The third kappa shape index (κ3) is 5.26. The lowest BCUT2D eigenvalue weighted by atomic mass is 9.96. The van der Waals surface area contributed by atoms with Crippen molar-refractivity contribution >= 4 is 0 Å². The third-order valence-electron chi connectivity index (χ3n) is 7.14. The zero-order chi connectivity index (χ0) is 28.0. The molecule has 1 saturated carbocycles. The molecule has 40 heavy (non-hydrogen) atoms. The van der Waals surface area contributed by atoms with E-state index in [0.717, 1.165) is 52.3 Å². The van der Waals surface area contributed by atoms with Gasteiger partial charge in [-0.15, -0.1) is 0 Å². The van der Waals surface area contributed by atoms with Gasteiger partial charge in [0.15, 0.2) is 23.2 Å². The Morgan fingerprint density at radius 3 is 2.42 bits per heavy atom. The van der Waals surface area contributed by atoms with Gasteiger partial charge in [-0.2, -0.15) is 8.78 Å². The quantitative estimate of drug-likeness (QED) is 0.197. The number of oxazole rings is 1. The zero-order valence-electron chi connectivity index (χ0n) is 22.4. The molecule has 2 heterocycles. The Bertz CT molecular complexity index is 1700. The molecule has 0 radical (unpaired) electrons. The van der Waals surface area contributed by atoms with E-state index < -0.39 is 18.2 Å². The number of ether oxygens (including phenoxy) is 1. The number of hydrogen-bond donors (Lipinski definition) is 0. The molecule has 1 aliphatic rings. The number of aromatic nitrogens is 3. The summed E-state index contributed by atoms with van der Waals surface area (Å²) in [4.78, 5) is 9.28. The Morgan fingerprint density at radius 1 is 0.950 bits per heavy atom. The van der Waals surface area contributed by atoms with Gasteiger partial charge >= 0.3 is 6.61 Å². The van der Waals surface area contributed by atoms with Crippen LogP contribution in [0.2, 0.25) is 0 Å². The average Bonchev–Trinajstić information content (AvgIpc) is 3.55. The summed E-state index contributed by atoms with van der Waals surface area (Å²) in [5, 5.41) is 0. The smallest absolute Gasteiger partial charge is 0.387 e. The van der Waals surface area contributed by atoms with Crippen LogP contribution >= 0.6 is 0 Å². The van der Waals surface area contributed by atoms with Crippen LogP contribution < -0.4 is 4.74 Å². The fourth-order valence-electron chi connectivity index (χ4n) is 5.15. The number of imidazole rings is 1. The van der Waals surface area contributed by atoms with Crippen molar-refractivity contribution in [3.05, 3.63) is 95.7 Å². The van der Waals surface area contributed by atoms with Crippen molar-refractivity contribution in [2.24, 2.45) is 5.92 Å². The standard InChI is InChI=1S/C32H28F3N3O2/c1-18-17-38(19(2)36-18)28-11-9-24(23-6-4-5-22(14-23)13-21-7-8-21)15-26(28)30-31(39-20(3)37-30)25-10-12-29(27(33)16-25)40-32(34)35/h4-6,9-12,14-17,21,32H,7-8,13H2,1-3H3. The van der Waals surface area contributed by atoms with Crippen LogP contribution in [-0.2, 0) is 6.42 Å². The number of hydrogen-bond acceptors (Lipinski definition) is 4. The zero-order valence-corrected chi connectivity index (χ0v) is 22.4. The summed E-state index contributed by atoms with van der Waals surface area (Å²) in [6.07, 6.45) is 5.61. The second kappa shape index (κ2) is 10.3. The molecule has 6 rings (SSSR count). The molecule has 3 aromatic carbocycles. The summed E-state index contributed by atoms with van der Waals surface area (Å²) >= 11 is 0. The predicted octanol–water partition coefficient (Wildman–Crippen LogP) is 8.48. The first kappa shape index (κ1) is 25.9. The number of nitrogens with zero attached hydrogens (tertiary/aromatic N) is 3. The summed E-state index contributed by atoms with van der Waals surface area (Å²) in [5.41, 5.74) is 6.75. The molecule has 0 spiro atoms. The van der Waals surface area contributed by atoms with Crippen LogP contribution in [0.25, 0.3) is 39.4 Å². The van der Waals surface area contributed by atoms with Gasteiger partial charge in [0.05, 0.1) is 11.4 Å². The van der Waals surface area contributed by atoms with Gasteiger partial charge < -0.3 is 13.7 Å². The molecule has 204 valence electrons. The number of benzene rings is 3. The van der Waals surface area contributed by atoms with E-state index in [0.29, 0.717) is 22.9 Å². The van der Waals surface area contributed by atoms with Crippen molar-refractivity contribution in [1.82, 2.24) is 14.5 Å². The van der Waals surface area contributed by atoms with E-state index in [1.165, 1.54) is 30.5 Å². The monoisotopic (exact) mass is 543 g/mol. The normalized spacial score (nSPS) is 13.3. The molecule has 0 amide bonds. The summed E-state index contributed by atoms with van der Waals surface area (Å²) in [5.74, 6) is 0.851. The van der Waals surface area contributed by atoms with E-state index in [1.807, 2.05) is 30.7 Å². The molecule has 0 bridgehead atoms. The number of aryl methyl sites for hydroxylation is 3. The molecule has 1 aliphatic carbocycles. The van der Waals surface area contributed by atoms with E-state index in [-0.39, 0.29) is 0 Å². The molecule has 8 heteroatoms. The van der Waals surface area contributed by atoms with Gasteiger partial charge in [0, 0.05) is 24.2 Å². The Balaban J connectivity index is 1.50. The highest BCUT2D eigenvalue weighted by Gasteiger charge is 2.23. The maximum absolute atomic E-state index is 14.7. The van der Waals surface area contributed by atoms with Gasteiger partial charge in [-0.1, -0.05) is 30.3 Å². The van der Waals surface area contributed by atoms with Crippen molar-refractivity contribution in [3.8, 4) is 45.1 Å². The molecule has 0 aliphatic heterocycles. The fourth-order valence-corrected chi connectivity index (χ4v) is 5.15. The van der Waals surface area contributed by atoms with Crippen LogP contribution in [0.3, 0.4) is 0 Å². The number of alkyl halides is 2.